The van der Waals surface area contributed by atoms with Gasteiger partial charge in [-0.05, 0) is 25.0 Å². The Labute approximate surface area is 86.0 Å². The predicted octanol–water partition coefficient (Wildman–Crippen LogP) is 2.50. The fourth-order valence-electron chi connectivity index (χ4n) is 1.46. The molecule has 0 aromatic heterocycles. The Kier molecular flexibility index (Phi) is 3.96. The number of rotatable bonds is 4. The van der Waals surface area contributed by atoms with Gasteiger partial charge in [0.2, 0.25) is 0 Å². The molecule has 1 aromatic carbocycles. The molecule has 2 N–H and O–H groups in total. The van der Waals surface area contributed by atoms with Crippen molar-refractivity contribution in [2.45, 2.75) is 32.9 Å². The molecule has 0 fully saturated rings. The molecule has 0 radical (unpaired) electrons. The molecule has 0 spiro atoms. The van der Waals surface area contributed by atoms with E-state index in [9.17, 15) is 5.11 Å². The highest BCUT2D eigenvalue weighted by molar-refractivity contribution is 5.43. The van der Waals surface area contributed by atoms with Crippen LogP contribution in [0, 0.1) is 5.92 Å². The molecule has 0 bridgehead atoms. The normalized spacial score (nSPS) is 15.2. The van der Waals surface area contributed by atoms with E-state index in [1.54, 1.807) is 0 Å². The quantitative estimate of drug-likeness (QED) is 0.770. The molecule has 1 rings (SSSR count). The van der Waals surface area contributed by atoms with Crippen molar-refractivity contribution < 1.29 is 5.11 Å². The Balaban J connectivity index is 2.53. The Bertz CT molecular complexity index is 258. The molecule has 0 aliphatic carbocycles. The molecule has 0 unspecified atom stereocenters. The van der Waals surface area contributed by atoms with E-state index < -0.39 is 0 Å². The van der Waals surface area contributed by atoms with Gasteiger partial charge in [0.15, 0.2) is 0 Å². The minimum atomic E-state index is -0.310. The number of aliphatic hydroxyl groups excluding tert-OH is 1. The van der Waals surface area contributed by atoms with E-state index in [0.717, 1.165) is 5.69 Å². The van der Waals surface area contributed by atoms with E-state index in [2.05, 4.69) is 5.32 Å². The SMILES string of the molecule is CC(C)[C@@H](O)[C@@H](C)Nc1ccccc1. The number of hydrogen-bond donors (Lipinski definition) is 2. The molecule has 0 saturated carbocycles. The maximum atomic E-state index is 9.79. The molecular formula is C12H19NO. The van der Waals surface area contributed by atoms with Crippen LogP contribution in [0.4, 0.5) is 5.69 Å². The highest BCUT2D eigenvalue weighted by atomic mass is 16.3. The summed E-state index contributed by atoms with van der Waals surface area (Å²) >= 11 is 0. The summed E-state index contributed by atoms with van der Waals surface area (Å²) in [6, 6.07) is 10.0. The summed E-state index contributed by atoms with van der Waals surface area (Å²) in [7, 11) is 0. The monoisotopic (exact) mass is 193 g/mol. The van der Waals surface area contributed by atoms with Gasteiger partial charge < -0.3 is 10.4 Å². The Morgan fingerprint density at radius 2 is 1.64 bits per heavy atom. The summed E-state index contributed by atoms with van der Waals surface area (Å²) in [4.78, 5) is 0. The molecule has 14 heavy (non-hydrogen) atoms. The van der Waals surface area contributed by atoms with Crippen molar-refractivity contribution in [3.8, 4) is 0 Å². The van der Waals surface area contributed by atoms with Crippen molar-refractivity contribution in [3.63, 3.8) is 0 Å². The first-order valence-electron chi connectivity index (χ1n) is 5.11. The number of aliphatic hydroxyl groups is 1. The smallest absolute Gasteiger partial charge is 0.0761 e. The topological polar surface area (TPSA) is 32.3 Å². The van der Waals surface area contributed by atoms with Crippen LogP contribution in [0.1, 0.15) is 20.8 Å². The maximum absolute atomic E-state index is 9.79. The van der Waals surface area contributed by atoms with Crippen molar-refractivity contribution in [1.29, 1.82) is 0 Å². The molecule has 0 aliphatic heterocycles. The Hall–Kier alpha value is -1.02. The third-order valence-corrected chi connectivity index (χ3v) is 2.36. The third-order valence-electron chi connectivity index (χ3n) is 2.36. The maximum Gasteiger partial charge on any atom is 0.0761 e. The van der Waals surface area contributed by atoms with E-state index in [1.807, 2.05) is 51.1 Å². The van der Waals surface area contributed by atoms with Crippen LogP contribution in [0.15, 0.2) is 30.3 Å². The largest absolute Gasteiger partial charge is 0.391 e. The summed E-state index contributed by atoms with van der Waals surface area (Å²) in [6.07, 6.45) is -0.310. The second-order valence-corrected chi connectivity index (χ2v) is 4.03. The van der Waals surface area contributed by atoms with E-state index in [-0.39, 0.29) is 18.1 Å². The predicted molar refractivity (Wildman–Crippen MR) is 60.4 cm³/mol. The molecule has 2 nitrogen and oxygen atoms in total. The van der Waals surface area contributed by atoms with E-state index in [0.29, 0.717) is 0 Å². The van der Waals surface area contributed by atoms with Crippen LogP contribution in [0.5, 0.6) is 0 Å². The van der Waals surface area contributed by atoms with Crippen LogP contribution in [-0.2, 0) is 0 Å². The lowest BCUT2D eigenvalue weighted by Crippen LogP contribution is -2.34. The van der Waals surface area contributed by atoms with Crippen LogP contribution < -0.4 is 5.32 Å². The van der Waals surface area contributed by atoms with Crippen molar-refractivity contribution in [3.05, 3.63) is 30.3 Å². The van der Waals surface area contributed by atoms with Gasteiger partial charge >= 0.3 is 0 Å². The molecule has 0 heterocycles. The molecule has 0 aliphatic rings. The summed E-state index contributed by atoms with van der Waals surface area (Å²) in [5, 5.41) is 13.1. The average molecular weight is 193 g/mol. The summed E-state index contributed by atoms with van der Waals surface area (Å²) in [6.45, 7) is 6.04. The van der Waals surface area contributed by atoms with Gasteiger partial charge in [-0.15, -0.1) is 0 Å². The number of anilines is 1. The first kappa shape index (κ1) is 11.1. The highest BCUT2D eigenvalue weighted by Crippen LogP contribution is 2.12. The fraction of sp³-hybridized carbons (Fsp3) is 0.500. The summed E-state index contributed by atoms with van der Waals surface area (Å²) in [5.74, 6) is 0.279. The van der Waals surface area contributed by atoms with Crippen molar-refractivity contribution in [2.24, 2.45) is 5.92 Å². The summed E-state index contributed by atoms with van der Waals surface area (Å²) in [5.41, 5.74) is 1.06. The van der Waals surface area contributed by atoms with Gasteiger partial charge in [-0.1, -0.05) is 32.0 Å². The van der Waals surface area contributed by atoms with Crippen LogP contribution >= 0.6 is 0 Å². The number of benzene rings is 1. The summed E-state index contributed by atoms with van der Waals surface area (Å²) < 4.78 is 0. The van der Waals surface area contributed by atoms with Gasteiger partial charge in [0.1, 0.15) is 0 Å². The minimum absolute atomic E-state index is 0.0809. The van der Waals surface area contributed by atoms with E-state index in [4.69, 9.17) is 0 Å². The lowest BCUT2D eigenvalue weighted by molar-refractivity contribution is 0.110. The lowest BCUT2D eigenvalue weighted by Gasteiger charge is -2.24. The molecule has 0 amide bonds. The van der Waals surface area contributed by atoms with Gasteiger partial charge in [0.05, 0.1) is 6.10 Å². The number of nitrogens with one attached hydrogen (secondary N) is 1. The minimum Gasteiger partial charge on any atom is -0.391 e. The first-order chi connectivity index (χ1) is 6.61. The van der Waals surface area contributed by atoms with E-state index in [1.165, 1.54) is 0 Å². The second-order valence-electron chi connectivity index (χ2n) is 4.03. The van der Waals surface area contributed by atoms with Gasteiger partial charge in [-0.3, -0.25) is 0 Å². The van der Waals surface area contributed by atoms with Crippen molar-refractivity contribution >= 4 is 5.69 Å². The van der Waals surface area contributed by atoms with Gasteiger partial charge in [-0.2, -0.15) is 0 Å². The molecule has 1 aromatic rings. The Morgan fingerprint density at radius 1 is 1.07 bits per heavy atom. The van der Waals surface area contributed by atoms with Gasteiger partial charge in [0, 0.05) is 11.7 Å². The first-order valence-corrected chi connectivity index (χ1v) is 5.11. The molecule has 2 atom stereocenters. The van der Waals surface area contributed by atoms with Crippen LogP contribution in [0.2, 0.25) is 0 Å². The molecule has 78 valence electrons. The molecular weight excluding hydrogens is 174 g/mol. The number of para-hydroxylation sites is 1. The molecule has 2 heteroatoms. The standard InChI is InChI=1S/C12H19NO/c1-9(2)12(14)10(3)13-11-7-5-4-6-8-11/h4-10,12-14H,1-3H3/t10-,12-/m1/s1. The van der Waals surface area contributed by atoms with Gasteiger partial charge in [0.25, 0.3) is 0 Å². The van der Waals surface area contributed by atoms with Crippen molar-refractivity contribution in [1.82, 2.24) is 0 Å². The van der Waals surface area contributed by atoms with Crippen LogP contribution in [0.3, 0.4) is 0 Å². The van der Waals surface area contributed by atoms with E-state index >= 15 is 0 Å². The van der Waals surface area contributed by atoms with Gasteiger partial charge in [-0.25, -0.2) is 0 Å². The second kappa shape index (κ2) is 5.01. The van der Waals surface area contributed by atoms with Crippen LogP contribution in [0.25, 0.3) is 0 Å². The highest BCUT2D eigenvalue weighted by Gasteiger charge is 2.16. The third kappa shape index (κ3) is 3.04. The molecule has 0 saturated heterocycles. The zero-order valence-electron chi connectivity index (χ0n) is 9.07. The zero-order valence-corrected chi connectivity index (χ0v) is 9.07. The fourth-order valence-corrected chi connectivity index (χ4v) is 1.46. The Morgan fingerprint density at radius 3 is 2.14 bits per heavy atom. The van der Waals surface area contributed by atoms with Crippen molar-refractivity contribution in [2.75, 3.05) is 5.32 Å². The average Bonchev–Trinajstić information content (AvgIpc) is 2.18. The zero-order chi connectivity index (χ0) is 10.6. The number of hydrogen-bond acceptors (Lipinski definition) is 2. The lowest BCUT2D eigenvalue weighted by atomic mass is 10.0. The van der Waals surface area contributed by atoms with Crippen LogP contribution in [-0.4, -0.2) is 17.3 Å².